The van der Waals surface area contributed by atoms with E-state index >= 15 is 0 Å². The lowest BCUT2D eigenvalue weighted by molar-refractivity contribution is -0.140. The van der Waals surface area contributed by atoms with Crippen molar-refractivity contribution >= 4 is 40.7 Å². The predicted molar refractivity (Wildman–Crippen MR) is 122 cm³/mol. The Labute approximate surface area is 191 Å². The first kappa shape index (κ1) is 23.1. The Morgan fingerprint density at radius 1 is 1.06 bits per heavy atom. The highest BCUT2D eigenvalue weighted by Gasteiger charge is 2.46. The number of rotatable bonds is 5. The fourth-order valence-corrected chi connectivity index (χ4v) is 3.89. The molecule has 1 aliphatic heterocycles. The molecule has 0 radical (unpaired) electrons. The van der Waals surface area contributed by atoms with Crippen molar-refractivity contribution in [2.75, 3.05) is 27.2 Å². The molecule has 1 saturated heterocycles. The maximum absolute atomic E-state index is 13.0. The zero-order valence-corrected chi connectivity index (χ0v) is 19.3. The number of ketones is 1. The van der Waals surface area contributed by atoms with Gasteiger partial charge in [-0.15, -0.1) is 0 Å². The van der Waals surface area contributed by atoms with Crippen molar-refractivity contribution in [3.05, 3.63) is 68.2 Å². The molecule has 1 atom stereocenters. The van der Waals surface area contributed by atoms with Crippen LogP contribution in [0.4, 0.5) is 0 Å². The molecule has 2 aromatic carbocycles. The number of aromatic hydroxyl groups is 1. The second-order valence-corrected chi connectivity index (χ2v) is 8.74. The van der Waals surface area contributed by atoms with E-state index in [1.807, 2.05) is 32.8 Å². The van der Waals surface area contributed by atoms with Gasteiger partial charge in [0.1, 0.15) is 11.5 Å². The minimum Gasteiger partial charge on any atom is -0.507 e. The standard InChI is InChI=1S/C23H24Cl2N2O4/c1-12-9-15(18(28)10-13(12)2)21(29)19-20(14-5-6-16(24)17(25)11-14)27(8-7-26(3)4)23(31)22(19)30/h5-6,9-11,20,28-29H,7-8H2,1-4H3. The van der Waals surface area contributed by atoms with E-state index in [0.29, 0.717) is 17.1 Å². The molecule has 8 heteroatoms. The number of phenolic OH excluding ortho intramolecular Hbond substituents is 1. The summed E-state index contributed by atoms with van der Waals surface area (Å²) in [5.41, 5.74) is 2.20. The van der Waals surface area contributed by atoms with E-state index in [-0.39, 0.29) is 28.5 Å². The van der Waals surface area contributed by atoms with Crippen LogP contribution in [-0.4, -0.2) is 58.9 Å². The lowest BCUT2D eigenvalue weighted by Gasteiger charge is -2.27. The number of Topliss-reactive ketones (excluding diaryl/α,β-unsaturated/α-hetero) is 1. The van der Waals surface area contributed by atoms with Crippen LogP contribution in [0.1, 0.15) is 28.3 Å². The van der Waals surface area contributed by atoms with Gasteiger partial charge in [-0.25, -0.2) is 0 Å². The normalized spacial score (nSPS) is 18.3. The summed E-state index contributed by atoms with van der Waals surface area (Å²) in [5.74, 6) is -2.14. The van der Waals surface area contributed by atoms with Gasteiger partial charge in [-0.1, -0.05) is 29.3 Å². The van der Waals surface area contributed by atoms with Crippen molar-refractivity contribution in [2.24, 2.45) is 0 Å². The fraction of sp³-hybridized carbons (Fsp3) is 0.304. The van der Waals surface area contributed by atoms with Crippen LogP contribution in [0.25, 0.3) is 5.76 Å². The molecule has 2 aromatic rings. The first-order valence-corrected chi connectivity index (χ1v) is 10.5. The van der Waals surface area contributed by atoms with Gasteiger partial charge >= 0.3 is 0 Å². The van der Waals surface area contributed by atoms with E-state index < -0.39 is 23.5 Å². The molecule has 0 aromatic heterocycles. The predicted octanol–water partition coefficient (Wildman–Crippen LogP) is 4.30. The van der Waals surface area contributed by atoms with E-state index in [2.05, 4.69) is 0 Å². The fourth-order valence-electron chi connectivity index (χ4n) is 3.58. The number of carbonyl (C=O) groups is 2. The summed E-state index contributed by atoms with van der Waals surface area (Å²) in [6.45, 7) is 4.43. The highest BCUT2D eigenvalue weighted by molar-refractivity contribution is 6.47. The first-order valence-electron chi connectivity index (χ1n) is 9.71. The molecule has 1 fully saturated rings. The smallest absolute Gasteiger partial charge is 0.295 e. The monoisotopic (exact) mass is 462 g/mol. The van der Waals surface area contributed by atoms with E-state index in [0.717, 1.165) is 11.1 Å². The topological polar surface area (TPSA) is 81.1 Å². The number of aryl methyl sites for hydroxylation is 2. The summed E-state index contributed by atoms with van der Waals surface area (Å²) in [6.07, 6.45) is 0. The summed E-state index contributed by atoms with van der Waals surface area (Å²) in [6, 6.07) is 7.08. The van der Waals surface area contributed by atoms with Crippen molar-refractivity contribution < 1.29 is 19.8 Å². The molecule has 1 unspecified atom stereocenters. The maximum Gasteiger partial charge on any atom is 0.295 e. The Kier molecular flexibility index (Phi) is 6.65. The third-order valence-corrected chi connectivity index (χ3v) is 6.19. The molecule has 31 heavy (non-hydrogen) atoms. The molecule has 0 saturated carbocycles. The number of hydrogen-bond donors (Lipinski definition) is 2. The van der Waals surface area contributed by atoms with Crippen LogP contribution in [0, 0.1) is 13.8 Å². The maximum atomic E-state index is 13.0. The van der Waals surface area contributed by atoms with Crippen LogP contribution >= 0.6 is 23.2 Å². The molecule has 2 N–H and O–H groups in total. The summed E-state index contributed by atoms with van der Waals surface area (Å²) in [4.78, 5) is 29.2. The van der Waals surface area contributed by atoms with Crippen LogP contribution in [-0.2, 0) is 9.59 Å². The number of phenols is 1. The summed E-state index contributed by atoms with van der Waals surface area (Å²) in [5, 5.41) is 22.1. The molecule has 1 aliphatic rings. The van der Waals surface area contributed by atoms with Gasteiger partial charge in [-0.05, 0) is 68.9 Å². The lowest BCUT2D eigenvalue weighted by atomic mass is 9.94. The number of likely N-dealkylation sites (tertiary alicyclic amines) is 1. The van der Waals surface area contributed by atoms with E-state index in [4.69, 9.17) is 23.2 Å². The number of halogens is 2. The van der Waals surface area contributed by atoms with Crippen molar-refractivity contribution in [1.82, 2.24) is 9.80 Å². The minimum atomic E-state index is -0.865. The Morgan fingerprint density at radius 3 is 2.32 bits per heavy atom. The molecular weight excluding hydrogens is 439 g/mol. The number of hydrogen-bond acceptors (Lipinski definition) is 5. The molecular formula is C23H24Cl2N2O4. The van der Waals surface area contributed by atoms with E-state index in [1.165, 1.54) is 11.0 Å². The minimum absolute atomic E-state index is 0.0961. The second kappa shape index (κ2) is 8.91. The van der Waals surface area contributed by atoms with Gasteiger partial charge in [0.2, 0.25) is 0 Å². The average Bonchev–Trinajstić information content (AvgIpc) is 2.95. The average molecular weight is 463 g/mol. The van der Waals surface area contributed by atoms with Crippen molar-refractivity contribution in [3.63, 3.8) is 0 Å². The molecule has 0 spiro atoms. The summed E-state index contributed by atoms with van der Waals surface area (Å²) in [7, 11) is 3.72. The number of likely N-dealkylation sites (N-methyl/N-ethyl adjacent to an activating group) is 1. The largest absolute Gasteiger partial charge is 0.507 e. The summed E-state index contributed by atoms with van der Waals surface area (Å²) < 4.78 is 0. The zero-order chi connectivity index (χ0) is 23.0. The molecule has 0 aliphatic carbocycles. The van der Waals surface area contributed by atoms with Gasteiger partial charge in [-0.2, -0.15) is 0 Å². The van der Waals surface area contributed by atoms with E-state index in [1.54, 1.807) is 24.3 Å². The van der Waals surface area contributed by atoms with Crippen molar-refractivity contribution in [3.8, 4) is 5.75 Å². The molecule has 1 amide bonds. The van der Waals surface area contributed by atoms with Crippen molar-refractivity contribution in [1.29, 1.82) is 0 Å². The quantitative estimate of drug-likeness (QED) is 0.393. The molecule has 1 heterocycles. The van der Waals surface area contributed by atoms with Crippen LogP contribution in [0.15, 0.2) is 35.9 Å². The Balaban J connectivity index is 2.23. The SMILES string of the molecule is Cc1cc(O)c(C(O)=C2C(=O)C(=O)N(CCN(C)C)C2c2ccc(Cl)c(Cl)c2)cc1C. The van der Waals surface area contributed by atoms with Crippen LogP contribution in [0.3, 0.4) is 0 Å². The molecule has 0 bridgehead atoms. The summed E-state index contributed by atoms with van der Waals surface area (Å²) >= 11 is 12.3. The number of aliphatic hydroxyl groups excluding tert-OH is 1. The van der Waals surface area contributed by atoms with Crippen LogP contribution in [0.2, 0.25) is 10.0 Å². The highest BCUT2D eigenvalue weighted by atomic mass is 35.5. The van der Waals surface area contributed by atoms with Crippen molar-refractivity contribution in [2.45, 2.75) is 19.9 Å². The zero-order valence-electron chi connectivity index (χ0n) is 17.7. The number of amides is 1. The number of aliphatic hydroxyl groups is 1. The lowest BCUT2D eigenvalue weighted by Crippen LogP contribution is -2.35. The van der Waals surface area contributed by atoms with Gasteiger partial charge in [0.15, 0.2) is 0 Å². The Morgan fingerprint density at radius 2 is 1.71 bits per heavy atom. The third kappa shape index (κ3) is 4.42. The third-order valence-electron chi connectivity index (χ3n) is 5.45. The van der Waals surface area contributed by atoms with E-state index in [9.17, 15) is 19.8 Å². The number of benzene rings is 2. The number of carbonyl (C=O) groups excluding carboxylic acids is 2. The second-order valence-electron chi connectivity index (χ2n) is 7.92. The molecule has 3 rings (SSSR count). The first-order chi connectivity index (χ1) is 14.5. The van der Waals surface area contributed by atoms with Gasteiger partial charge in [0.05, 0.1) is 27.2 Å². The van der Waals surface area contributed by atoms with Gasteiger partial charge in [0.25, 0.3) is 11.7 Å². The van der Waals surface area contributed by atoms with Crippen LogP contribution < -0.4 is 0 Å². The molecule has 164 valence electrons. The van der Waals surface area contributed by atoms with Crippen LogP contribution in [0.5, 0.6) is 5.75 Å². The highest BCUT2D eigenvalue weighted by Crippen LogP contribution is 2.42. The van der Waals surface area contributed by atoms with Gasteiger partial charge in [-0.3, -0.25) is 9.59 Å². The Bertz CT molecular complexity index is 1100. The van der Waals surface area contributed by atoms with Gasteiger partial charge in [0, 0.05) is 13.1 Å². The van der Waals surface area contributed by atoms with Gasteiger partial charge < -0.3 is 20.0 Å². The Hall–Kier alpha value is -2.54. The number of nitrogens with zero attached hydrogens (tertiary/aromatic N) is 2. The molecule has 6 nitrogen and oxygen atoms in total.